The molecule has 0 aliphatic carbocycles. The predicted octanol–water partition coefficient (Wildman–Crippen LogP) is 1.16. The van der Waals surface area contributed by atoms with Gasteiger partial charge >= 0.3 is 0 Å². The van der Waals surface area contributed by atoms with Crippen LogP contribution in [0, 0.1) is 6.92 Å². The van der Waals surface area contributed by atoms with Crippen LogP contribution in [-0.2, 0) is 9.84 Å². The molecule has 2 aliphatic rings. The molecule has 2 aliphatic heterocycles. The summed E-state index contributed by atoms with van der Waals surface area (Å²) in [5, 5.41) is 3.45. The highest BCUT2D eigenvalue weighted by atomic mass is 32.2. The summed E-state index contributed by atoms with van der Waals surface area (Å²) in [6.45, 7) is 1.74. The highest BCUT2D eigenvalue weighted by molar-refractivity contribution is 7.91. The van der Waals surface area contributed by atoms with Crippen LogP contribution in [0.25, 0.3) is 0 Å². The fourth-order valence-electron chi connectivity index (χ4n) is 3.41. The van der Waals surface area contributed by atoms with Gasteiger partial charge in [0.05, 0.1) is 5.25 Å². The summed E-state index contributed by atoms with van der Waals surface area (Å²) in [6, 6.07) is 1.65. The highest BCUT2D eigenvalue weighted by Gasteiger charge is 2.46. The van der Waals surface area contributed by atoms with Crippen molar-refractivity contribution in [1.82, 2.24) is 10.1 Å². The lowest BCUT2D eigenvalue weighted by molar-refractivity contribution is 0.0587. The SMILES string of the molecule is Cc1cc(C(=O)N2C3CCC2CC(S(C)(=O)=O)C3)no1. The van der Waals surface area contributed by atoms with E-state index < -0.39 is 9.84 Å². The van der Waals surface area contributed by atoms with Gasteiger partial charge in [-0.3, -0.25) is 4.79 Å². The molecule has 2 atom stereocenters. The standard InChI is InChI=1S/C13H18N2O4S/c1-8-5-12(14-19-8)13(16)15-9-3-4-10(15)7-11(6-9)20(2,17)18/h5,9-11H,3-4,6-7H2,1-2H3. The summed E-state index contributed by atoms with van der Waals surface area (Å²) in [4.78, 5) is 14.3. The minimum Gasteiger partial charge on any atom is -0.361 e. The van der Waals surface area contributed by atoms with Crippen LogP contribution in [0.4, 0.5) is 0 Å². The van der Waals surface area contributed by atoms with Crippen LogP contribution in [0.15, 0.2) is 10.6 Å². The number of hydrogen-bond acceptors (Lipinski definition) is 5. The molecule has 1 aromatic heterocycles. The molecular formula is C13H18N2O4S. The Morgan fingerprint density at radius 3 is 2.40 bits per heavy atom. The molecule has 110 valence electrons. The molecule has 1 aromatic rings. The Morgan fingerprint density at radius 2 is 1.95 bits per heavy atom. The molecule has 2 saturated heterocycles. The lowest BCUT2D eigenvalue weighted by Crippen LogP contribution is -2.49. The van der Waals surface area contributed by atoms with Gasteiger partial charge in [-0.15, -0.1) is 0 Å². The van der Waals surface area contributed by atoms with Crippen LogP contribution in [0.2, 0.25) is 0 Å². The van der Waals surface area contributed by atoms with E-state index in [4.69, 9.17) is 4.52 Å². The minimum atomic E-state index is -3.03. The molecule has 3 rings (SSSR count). The summed E-state index contributed by atoms with van der Waals surface area (Å²) in [5.41, 5.74) is 0.317. The lowest BCUT2D eigenvalue weighted by Gasteiger charge is -2.37. The van der Waals surface area contributed by atoms with Gasteiger partial charge < -0.3 is 9.42 Å². The Kier molecular flexibility index (Phi) is 3.12. The second-order valence-corrected chi connectivity index (χ2v) is 8.17. The van der Waals surface area contributed by atoms with Gasteiger partial charge in [0.2, 0.25) is 0 Å². The Labute approximate surface area is 118 Å². The predicted molar refractivity (Wildman–Crippen MR) is 72.1 cm³/mol. The molecule has 7 heteroatoms. The molecule has 3 heterocycles. The maximum atomic E-state index is 12.5. The van der Waals surface area contributed by atoms with E-state index in [1.54, 1.807) is 13.0 Å². The summed E-state index contributed by atoms with van der Waals surface area (Å²) >= 11 is 0. The number of piperidine rings is 1. The largest absolute Gasteiger partial charge is 0.361 e. The van der Waals surface area contributed by atoms with Crippen molar-refractivity contribution < 1.29 is 17.7 Å². The molecular weight excluding hydrogens is 280 g/mol. The van der Waals surface area contributed by atoms with Crippen LogP contribution in [0.5, 0.6) is 0 Å². The second kappa shape index (κ2) is 4.58. The first-order valence-corrected chi connectivity index (χ1v) is 8.76. The number of hydrogen-bond donors (Lipinski definition) is 0. The Bertz CT molecular complexity index is 623. The van der Waals surface area contributed by atoms with Crippen molar-refractivity contribution in [3.63, 3.8) is 0 Å². The number of sulfone groups is 1. The summed E-state index contributed by atoms with van der Waals surface area (Å²) in [6.07, 6.45) is 4.11. The van der Waals surface area contributed by atoms with Gasteiger partial charge in [0.25, 0.3) is 5.91 Å². The fourth-order valence-corrected chi connectivity index (χ4v) is 4.55. The first-order valence-electron chi connectivity index (χ1n) is 6.81. The van der Waals surface area contributed by atoms with E-state index >= 15 is 0 Å². The van der Waals surface area contributed by atoms with E-state index in [1.165, 1.54) is 6.26 Å². The van der Waals surface area contributed by atoms with Crippen LogP contribution >= 0.6 is 0 Å². The van der Waals surface area contributed by atoms with E-state index in [0.717, 1.165) is 12.8 Å². The number of fused-ring (bicyclic) bond motifs is 2. The Hall–Kier alpha value is -1.37. The van der Waals surface area contributed by atoms with Crippen molar-refractivity contribution in [3.8, 4) is 0 Å². The fraction of sp³-hybridized carbons (Fsp3) is 0.692. The third-order valence-corrected chi connectivity index (χ3v) is 5.97. The molecule has 20 heavy (non-hydrogen) atoms. The van der Waals surface area contributed by atoms with Gasteiger partial charge in [0, 0.05) is 24.4 Å². The zero-order valence-corrected chi connectivity index (χ0v) is 12.4. The monoisotopic (exact) mass is 298 g/mol. The van der Waals surface area contributed by atoms with Gasteiger partial charge in [0.15, 0.2) is 5.69 Å². The molecule has 1 amide bonds. The van der Waals surface area contributed by atoms with Crippen molar-refractivity contribution in [3.05, 3.63) is 17.5 Å². The number of nitrogens with zero attached hydrogens (tertiary/aromatic N) is 2. The van der Waals surface area contributed by atoms with Crippen LogP contribution in [0.1, 0.15) is 41.9 Å². The molecule has 0 N–H and O–H groups in total. The van der Waals surface area contributed by atoms with Gasteiger partial charge in [-0.25, -0.2) is 8.42 Å². The van der Waals surface area contributed by atoms with Crippen molar-refractivity contribution in [1.29, 1.82) is 0 Å². The third-order valence-electron chi connectivity index (χ3n) is 4.38. The average molecular weight is 298 g/mol. The topological polar surface area (TPSA) is 80.5 Å². The van der Waals surface area contributed by atoms with E-state index in [0.29, 0.717) is 24.3 Å². The summed E-state index contributed by atoms with van der Waals surface area (Å²) in [7, 11) is -3.03. The van der Waals surface area contributed by atoms with E-state index in [-0.39, 0.29) is 23.2 Å². The minimum absolute atomic E-state index is 0.0120. The molecule has 0 saturated carbocycles. The highest BCUT2D eigenvalue weighted by Crippen LogP contribution is 2.38. The number of carbonyl (C=O) groups excluding carboxylic acids is 1. The number of rotatable bonds is 2. The van der Waals surface area contributed by atoms with Gasteiger partial charge in [-0.05, 0) is 32.6 Å². The van der Waals surface area contributed by atoms with Crippen molar-refractivity contribution in [2.45, 2.75) is 49.9 Å². The number of carbonyl (C=O) groups is 1. The first-order chi connectivity index (χ1) is 9.36. The number of amides is 1. The van der Waals surface area contributed by atoms with E-state index in [1.807, 2.05) is 4.90 Å². The molecule has 2 unspecified atom stereocenters. The zero-order valence-electron chi connectivity index (χ0n) is 11.6. The molecule has 2 fully saturated rings. The maximum absolute atomic E-state index is 12.5. The Morgan fingerprint density at radius 1 is 1.35 bits per heavy atom. The van der Waals surface area contributed by atoms with Gasteiger partial charge in [-0.1, -0.05) is 5.16 Å². The van der Waals surface area contributed by atoms with Gasteiger partial charge in [0.1, 0.15) is 15.6 Å². The second-order valence-electron chi connectivity index (χ2n) is 5.84. The zero-order chi connectivity index (χ0) is 14.5. The van der Waals surface area contributed by atoms with Gasteiger partial charge in [-0.2, -0.15) is 0 Å². The Balaban J connectivity index is 1.82. The molecule has 0 spiro atoms. The van der Waals surface area contributed by atoms with Crippen LogP contribution < -0.4 is 0 Å². The molecule has 2 bridgehead atoms. The van der Waals surface area contributed by atoms with Crippen molar-refractivity contribution in [2.24, 2.45) is 0 Å². The van der Waals surface area contributed by atoms with Crippen molar-refractivity contribution >= 4 is 15.7 Å². The maximum Gasteiger partial charge on any atom is 0.276 e. The number of aromatic nitrogens is 1. The molecule has 0 radical (unpaired) electrons. The normalized spacial score (nSPS) is 29.7. The first kappa shape index (κ1) is 13.6. The average Bonchev–Trinajstić information content (AvgIpc) is 2.89. The summed E-state index contributed by atoms with van der Waals surface area (Å²) in [5.74, 6) is 0.466. The van der Waals surface area contributed by atoms with Crippen molar-refractivity contribution in [2.75, 3.05) is 6.26 Å². The molecule has 0 aromatic carbocycles. The third kappa shape index (κ3) is 2.24. The van der Waals surface area contributed by atoms with Crippen LogP contribution in [-0.4, -0.2) is 48.0 Å². The van der Waals surface area contributed by atoms with E-state index in [9.17, 15) is 13.2 Å². The smallest absolute Gasteiger partial charge is 0.276 e. The molecule has 6 nitrogen and oxygen atoms in total. The summed E-state index contributed by atoms with van der Waals surface area (Å²) < 4.78 is 28.4. The quantitative estimate of drug-likeness (QED) is 0.818. The van der Waals surface area contributed by atoms with E-state index in [2.05, 4.69) is 5.16 Å². The van der Waals surface area contributed by atoms with Crippen LogP contribution in [0.3, 0.4) is 0 Å². The lowest BCUT2D eigenvalue weighted by atomic mass is 10.0. The number of aryl methyl sites for hydroxylation is 1.